The Labute approximate surface area is 104 Å². The van der Waals surface area contributed by atoms with Crippen molar-refractivity contribution in [2.45, 2.75) is 27.7 Å². The summed E-state index contributed by atoms with van der Waals surface area (Å²) in [6.07, 6.45) is 0. The average molecular weight is 234 g/mol. The molecule has 0 radical (unpaired) electrons. The third-order valence-corrected chi connectivity index (χ3v) is 3.63. The zero-order chi connectivity index (χ0) is 13.1. The van der Waals surface area contributed by atoms with Crippen molar-refractivity contribution in [3.8, 4) is 0 Å². The normalized spacial score (nSPS) is 15.4. The summed E-state index contributed by atoms with van der Waals surface area (Å²) in [5, 5.41) is 0. The second-order valence-corrected chi connectivity index (χ2v) is 5.71. The minimum Gasteiger partial charge on any atom is -0.384 e. The summed E-state index contributed by atoms with van der Waals surface area (Å²) in [4.78, 5) is 12.6. The van der Waals surface area contributed by atoms with Crippen molar-refractivity contribution in [2.24, 2.45) is 10.8 Å². The number of ether oxygens (including phenoxy) is 1. The molecule has 0 saturated carbocycles. The van der Waals surface area contributed by atoms with Crippen LogP contribution in [0.1, 0.15) is 38.1 Å². The van der Waals surface area contributed by atoms with Crippen molar-refractivity contribution >= 4 is 5.78 Å². The number of Topliss-reactive ketones (excluding diaryl/α,β-unsaturated/α-hetero) is 1. The van der Waals surface area contributed by atoms with Gasteiger partial charge in [0.05, 0.1) is 12.0 Å². The fourth-order valence-electron chi connectivity index (χ4n) is 1.82. The van der Waals surface area contributed by atoms with Crippen molar-refractivity contribution < 1.29 is 9.53 Å². The SMILES string of the molecule is COCC(C)(C(=O)c1ccccc1)C(C)(C)C. The van der Waals surface area contributed by atoms with Crippen LogP contribution in [0.2, 0.25) is 0 Å². The number of ketones is 1. The van der Waals surface area contributed by atoms with Crippen LogP contribution in [0.4, 0.5) is 0 Å². The third kappa shape index (κ3) is 2.75. The van der Waals surface area contributed by atoms with Gasteiger partial charge in [0.1, 0.15) is 0 Å². The zero-order valence-corrected chi connectivity index (χ0v) is 11.4. The predicted octanol–water partition coefficient (Wildman–Crippen LogP) is 3.57. The second-order valence-electron chi connectivity index (χ2n) is 5.71. The van der Waals surface area contributed by atoms with Crippen molar-refractivity contribution in [3.05, 3.63) is 35.9 Å². The standard InChI is InChI=1S/C15H22O2/c1-14(2,3)15(4,11-17-5)13(16)12-9-7-6-8-10-12/h6-10H,11H2,1-5H3. The first-order valence-corrected chi connectivity index (χ1v) is 5.92. The van der Waals surface area contributed by atoms with E-state index in [1.54, 1.807) is 7.11 Å². The van der Waals surface area contributed by atoms with Crippen LogP contribution in [0.25, 0.3) is 0 Å². The summed E-state index contributed by atoms with van der Waals surface area (Å²) >= 11 is 0. The van der Waals surface area contributed by atoms with Gasteiger partial charge < -0.3 is 4.74 Å². The van der Waals surface area contributed by atoms with E-state index < -0.39 is 5.41 Å². The quantitative estimate of drug-likeness (QED) is 0.744. The highest BCUT2D eigenvalue weighted by atomic mass is 16.5. The van der Waals surface area contributed by atoms with Gasteiger partial charge in [-0.05, 0) is 12.3 Å². The molecule has 0 spiro atoms. The van der Waals surface area contributed by atoms with E-state index in [0.717, 1.165) is 5.56 Å². The van der Waals surface area contributed by atoms with Crippen LogP contribution < -0.4 is 0 Å². The van der Waals surface area contributed by atoms with Gasteiger partial charge in [0.25, 0.3) is 0 Å². The van der Waals surface area contributed by atoms with Gasteiger partial charge in [0.2, 0.25) is 0 Å². The highest BCUT2D eigenvalue weighted by Crippen LogP contribution is 2.41. The largest absolute Gasteiger partial charge is 0.384 e. The van der Waals surface area contributed by atoms with Crippen LogP contribution in [0.5, 0.6) is 0 Å². The fraction of sp³-hybridized carbons (Fsp3) is 0.533. The highest BCUT2D eigenvalue weighted by Gasteiger charge is 2.44. The summed E-state index contributed by atoms with van der Waals surface area (Å²) in [7, 11) is 1.64. The van der Waals surface area contributed by atoms with Gasteiger partial charge in [-0.2, -0.15) is 0 Å². The molecule has 0 aliphatic heterocycles. The molecule has 0 amide bonds. The highest BCUT2D eigenvalue weighted by molar-refractivity contribution is 6.00. The van der Waals surface area contributed by atoms with Gasteiger partial charge in [0, 0.05) is 12.7 Å². The number of benzene rings is 1. The Morgan fingerprint density at radius 2 is 1.65 bits per heavy atom. The van der Waals surface area contributed by atoms with Gasteiger partial charge >= 0.3 is 0 Å². The molecule has 1 rings (SSSR count). The van der Waals surface area contributed by atoms with E-state index in [2.05, 4.69) is 20.8 Å². The molecule has 1 aromatic rings. The van der Waals surface area contributed by atoms with Gasteiger partial charge in [-0.3, -0.25) is 4.79 Å². The molecule has 0 aliphatic rings. The minimum atomic E-state index is -0.511. The predicted molar refractivity (Wildman–Crippen MR) is 70.2 cm³/mol. The van der Waals surface area contributed by atoms with E-state index in [1.165, 1.54) is 0 Å². The molecule has 0 aliphatic carbocycles. The van der Waals surface area contributed by atoms with Crippen LogP contribution in [0.15, 0.2) is 30.3 Å². The Bertz CT molecular complexity index is 376. The summed E-state index contributed by atoms with van der Waals surface area (Å²) in [5.41, 5.74) is 0.0981. The topological polar surface area (TPSA) is 26.3 Å². The first kappa shape index (κ1) is 13.9. The van der Waals surface area contributed by atoms with Crippen LogP contribution >= 0.6 is 0 Å². The average Bonchev–Trinajstić information content (AvgIpc) is 2.28. The number of methoxy groups -OCH3 is 1. The number of hydrogen-bond donors (Lipinski definition) is 0. The maximum absolute atomic E-state index is 12.6. The Kier molecular flexibility index (Phi) is 4.10. The maximum Gasteiger partial charge on any atom is 0.171 e. The molecule has 17 heavy (non-hydrogen) atoms. The molecular weight excluding hydrogens is 212 g/mol. The molecule has 1 atom stereocenters. The molecule has 2 heteroatoms. The van der Waals surface area contributed by atoms with Crippen molar-refractivity contribution in [1.82, 2.24) is 0 Å². The van der Waals surface area contributed by atoms with Gasteiger partial charge in [0.15, 0.2) is 5.78 Å². The lowest BCUT2D eigenvalue weighted by Gasteiger charge is -2.40. The lowest BCUT2D eigenvalue weighted by molar-refractivity contribution is 0.0142. The first-order valence-electron chi connectivity index (χ1n) is 5.92. The van der Waals surface area contributed by atoms with Crippen LogP contribution in [0, 0.1) is 10.8 Å². The Morgan fingerprint density at radius 1 is 1.12 bits per heavy atom. The maximum atomic E-state index is 12.6. The van der Waals surface area contributed by atoms with Crippen LogP contribution in [-0.4, -0.2) is 19.5 Å². The molecular formula is C15H22O2. The van der Waals surface area contributed by atoms with Crippen molar-refractivity contribution in [3.63, 3.8) is 0 Å². The number of hydrogen-bond acceptors (Lipinski definition) is 2. The smallest absolute Gasteiger partial charge is 0.171 e. The number of carbonyl (C=O) groups is 1. The fourth-order valence-corrected chi connectivity index (χ4v) is 1.82. The van der Waals surface area contributed by atoms with Crippen molar-refractivity contribution in [2.75, 3.05) is 13.7 Å². The number of carbonyl (C=O) groups excluding carboxylic acids is 1. The van der Waals surface area contributed by atoms with Gasteiger partial charge in [-0.25, -0.2) is 0 Å². The van der Waals surface area contributed by atoms with E-state index in [1.807, 2.05) is 37.3 Å². The summed E-state index contributed by atoms with van der Waals surface area (Å²) in [5.74, 6) is 0.146. The van der Waals surface area contributed by atoms with E-state index in [4.69, 9.17) is 4.74 Å². The molecule has 2 nitrogen and oxygen atoms in total. The lowest BCUT2D eigenvalue weighted by Crippen LogP contribution is -2.44. The molecule has 0 fully saturated rings. The lowest BCUT2D eigenvalue weighted by atomic mass is 9.64. The molecule has 0 heterocycles. The summed E-state index contributed by atoms with van der Waals surface area (Å²) in [6, 6.07) is 9.43. The Hall–Kier alpha value is -1.15. The Morgan fingerprint density at radius 3 is 2.06 bits per heavy atom. The first-order chi connectivity index (χ1) is 7.83. The Balaban J connectivity index is 3.13. The second kappa shape index (κ2) is 5.01. The van der Waals surface area contributed by atoms with E-state index in [-0.39, 0.29) is 11.2 Å². The molecule has 1 unspecified atom stereocenters. The minimum absolute atomic E-state index is 0.143. The summed E-state index contributed by atoms with van der Waals surface area (Å²) < 4.78 is 5.26. The number of rotatable bonds is 4. The van der Waals surface area contributed by atoms with Crippen molar-refractivity contribution in [1.29, 1.82) is 0 Å². The molecule has 94 valence electrons. The van der Waals surface area contributed by atoms with Crippen LogP contribution in [-0.2, 0) is 4.74 Å². The summed E-state index contributed by atoms with van der Waals surface area (Å²) in [6.45, 7) is 8.64. The van der Waals surface area contributed by atoms with Crippen LogP contribution in [0.3, 0.4) is 0 Å². The van der Waals surface area contributed by atoms with E-state index >= 15 is 0 Å². The molecule has 0 saturated heterocycles. The van der Waals surface area contributed by atoms with E-state index in [9.17, 15) is 4.79 Å². The molecule has 0 bridgehead atoms. The molecule has 0 N–H and O–H groups in total. The van der Waals surface area contributed by atoms with Gasteiger partial charge in [-0.15, -0.1) is 0 Å². The third-order valence-electron chi connectivity index (χ3n) is 3.63. The monoisotopic (exact) mass is 234 g/mol. The molecule has 0 aromatic heterocycles. The van der Waals surface area contributed by atoms with Gasteiger partial charge in [-0.1, -0.05) is 51.1 Å². The van der Waals surface area contributed by atoms with E-state index in [0.29, 0.717) is 6.61 Å². The zero-order valence-electron chi connectivity index (χ0n) is 11.4. The molecule has 1 aromatic carbocycles.